The third-order valence-electron chi connectivity index (χ3n) is 4.85. The second-order valence-electron chi connectivity index (χ2n) is 6.68. The van der Waals surface area contributed by atoms with Gasteiger partial charge in [0.1, 0.15) is 0 Å². The second-order valence-corrected chi connectivity index (χ2v) is 8.62. The van der Waals surface area contributed by atoms with Crippen molar-refractivity contribution >= 4 is 21.6 Å². The number of nitro benzene ring substituents is 1. The van der Waals surface area contributed by atoms with E-state index >= 15 is 0 Å². The first-order chi connectivity index (χ1) is 14.2. The Morgan fingerprint density at radius 3 is 2.30 bits per heavy atom. The lowest BCUT2D eigenvalue weighted by Crippen LogP contribution is -2.50. The number of methoxy groups -OCH3 is 1. The van der Waals surface area contributed by atoms with Crippen LogP contribution in [-0.2, 0) is 21.2 Å². The monoisotopic (exact) mass is 437 g/mol. The Kier molecular flexibility index (Phi) is 6.32. The summed E-state index contributed by atoms with van der Waals surface area (Å²) in [4.78, 5) is 24.1. The Balaban J connectivity index is 1.61. The molecule has 3 rings (SSSR count). The van der Waals surface area contributed by atoms with Gasteiger partial charge in [-0.05, 0) is 29.8 Å². The third kappa shape index (κ3) is 4.57. The van der Waals surface area contributed by atoms with Crippen molar-refractivity contribution in [1.29, 1.82) is 0 Å². The fraction of sp³-hybridized carbons (Fsp3) is 0.316. The van der Waals surface area contributed by atoms with E-state index < -0.39 is 20.8 Å². The van der Waals surface area contributed by atoms with E-state index in [0.29, 0.717) is 5.56 Å². The Hall–Kier alpha value is -3.05. The van der Waals surface area contributed by atoms with E-state index in [1.807, 2.05) is 0 Å². The highest BCUT2D eigenvalue weighted by atomic mass is 32.2. The molecule has 1 aliphatic heterocycles. The van der Waals surface area contributed by atoms with Crippen LogP contribution in [0.15, 0.2) is 47.4 Å². The van der Waals surface area contributed by atoms with Crippen molar-refractivity contribution in [2.45, 2.75) is 11.3 Å². The summed E-state index contributed by atoms with van der Waals surface area (Å²) in [6.45, 7) is 0.595. The van der Waals surface area contributed by atoms with Crippen LogP contribution in [-0.4, -0.2) is 61.7 Å². The maximum Gasteiger partial charge on any atom is 0.269 e. The molecule has 0 aromatic heterocycles. The molecule has 1 saturated heterocycles. The number of amides is 1. The lowest BCUT2D eigenvalue weighted by atomic mass is 10.1. The minimum Gasteiger partial charge on any atom is -0.494 e. The number of hydrogen-bond acceptors (Lipinski definition) is 6. The van der Waals surface area contributed by atoms with Gasteiger partial charge in [0.15, 0.2) is 11.6 Å². The van der Waals surface area contributed by atoms with Crippen molar-refractivity contribution in [3.05, 3.63) is 64.0 Å². The van der Waals surface area contributed by atoms with Crippen LogP contribution in [0, 0.1) is 15.9 Å². The zero-order valence-corrected chi connectivity index (χ0v) is 17.0. The number of sulfonamides is 1. The maximum atomic E-state index is 13.8. The van der Waals surface area contributed by atoms with Gasteiger partial charge in [0.25, 0.3) is 5.69 Å². The molecule has 0 spiro atoms. The first kappa shape index (κ1) is 21.7. The van der Waals surface area contributed by atoms with E-state index in [1.54, 1.807) is 6.07 Å². The number of benzene rings is 2. The molecule has 1 fully saturated rings. The van der Waals surface area contributed by atoms with Gasteiger partial charge in [-0.2, -0.15) is 4.31 Å². The molecule has 11 heteroatoms. The maximum absolute atomic E-state index is 13.8. The Bertz CT molecular complexity index is 1050. The third-order valence-corrected chi connectivity index (χ3v) is 6.76. The fourth-order valence-corrected chi connectivity index (χ4v) is 4.60. The van der Waals surface area contributed by atoms with Crippen LogP contribution in [0.5, 0.6) is 5.75 Å². The normalized spacial score (nSPS) is 15.1. The molecular weight excluding hydrogens is 417 g/mol. The molecule has 0 radical (unpaired) electrons. The van der Waals surface area contributed by atoms with Crippen LogP contribution in [0.1, 0.15) is 5.56 Å². The number of nitro groups is 1. The van der Waals surface area contributed by atoms with Crippen molar-refractivity contribution in [3.63, 3.8) is 0 Å². The summed E-state index contributed by atoms with van der Waals surface area (Å²) >= 11 is 0. The van der Waals surface area contributed by atoms with Gasteiger partial charge in [-0.3, -0.25) is 14.9 Å². The number of piperazine rings is 1. The van der Waals surface area contributed by atoms with E-state index in [4.69, 9.17) is 4.74 Å². The van der Waals surface area contributed by atoms with Gasteiger partial charge in [-0.15, -0.1) is 0 Å². The molecule has 2 aromatic carbocycles. The minimum absolute atomic E-state index is 0.00395. The number of carbonyl (C=O) groups excluding carboxylic acids is 1. The Morgan fingerprint density at radius 1 is 1.13 bits per heavy atom. The van der Waals surface area contributed by atoms with Gasteiger partial charge >= 0.3 is 0 Å². The summed E-state index contributed by atoms with van der Waals surface area (Å²) in [6, 6.07) is 8.97. The van der Waals surface area contributed by atoms with Crippen molar-refractivity contribution in [1.82, 2.24) is 9.21 Å². The van der Waals surface area contributed by atoms with E-state index in [-0.39, 0.29) is 54.8 Å². The smallest absolute Gasteiger partial charge is 0.269 e. The van der Waals surface area contributed by atoms with Crippen LogP contribution in [0.2, 0.25) is 0 Å². The molecule has 0 saturated carbocycles. The summed E-state index contributed by atoms with van der Waals surface area (Å²) < 4.78 is 45.4. The predicted octanol–water partition coefficient (Wildman–Crippen LogP) is 1.82. The minimum atomic E-state index is -3.82. The molecule has 0 unspecified atom stereocenters. The molecule has 1 heterocycles. The lowest BCUT2D eigenvalue weighted by Gasteiger charge is -2.34. The standard InChI is InChI=1S/C19H20FN3O6S/c1-29-18-7-2-14(12-17(18)20)13-19(24)21-8-10-22(11-9-21)30(27,28)16-5-3-15(4-6-16)23(25)26/h2-7,12H,8-11,13H2,1H3. The molecule has 2 aromatic rings. The molecule has 0 N–H and O–H groups in total. The van der Waals surface area contributed by atoms with Crippen molar-refractivity contribution in [2.24, 2.45) is 0 Å². The van der Waals surface area contributed by atoms with Crippen molar-refractivity contribution in [3.8, 4) is 5.75 Å². The van der Waals surface area contributed by atoms with Crippen LogP contribution in [0.25, 0.3) is 0 Å². The molecule has 0 bridgehead atoms. The Labute approximate surface area is 172 Å². The largest absolute Gasteiger partial charge is 0.494 e. The van der Waals surface area contributed by atoms with E-state index in [0.717, 1.165) is 12.1 Å². The summed E-state index contributed by atoms with van der Waals surface area (Å²) in [5.41, 5.74) is 0.304. The first-order valence-corrected chi connectivity index (χ1v) is 10.5. The van der Waals surface area contributed by atoms with Gasteiger partial charge in [0.2, 0.25) is 15.9 Å². The molecule has 0 aliphatic carbocycles. The highest BCUT2D eigenvalue weighted by Crippen LogP contribution is 2.22. The van der Waals surface area contributed by atoms with E-state index in [9.17, 15) is 27.7 Å². The highest BCUT2D eigenvalue weighted by Gasteiger charge is 2.30. The van der Waals surface area contributed by atoms with Crippen molar-refractivity contribution < 1.29 is 27.3 Å². The van der Waals surface area contributed by atoms with Crippen LogP contribution >= 0.6 is 0 Å². The molecule has 30 heavy (non-hydrogen) atoms. The quantitative estimate of drug-likeness (QED) is 0.504. The van der Waals surface area contributed by atoms with E-state index in [1.165, 1.54) is 40.6 Å². The average Bonchev–Trinajstić information content (AvgIpc) is 2.74. The van der Waals surface area contributed by atoms with Gasteiger partial charge in [-0.1, -0.05) is 6.07 Å². The molecule has 1 aliphatic rings. The number of carbonyl (C=O) groups is 1. The molecule has 9 nitrogen and oxygen atoms in total. The molecule has 1 amide bonds. The summed E-state index contributed by atoms with van der Waals surface area (Å²) in [6.07, 6.45) is -0.00395. The van der Waals surface area contributed by atoms with Crippen LogP contribution in [0.4, 0.5) is 10.1 Å². The van der Waals surface area contributed by atoms with Gasteiger partial charge < -0.3 is 9.64 Å². The first-order valence-electron chi connectivity index (χ1n) is 9.07. The number of nitrogens with zero attached hydrogens (tertiary/aromatic N) is 3. The second kappa shape index (κ2) is 8.76. The molecule has 0 atom stereocenters. The topological polar surface area (TPSA) is 110 Å². The molecule has 160 valence electrons. The van der Waals surface area contributed by atoms with Crippen molar-refractivity contribution in [2.75, 3.05) is 33.3 Å². The number of non-ortho nitro benzene ring substituents is 1. The van der Waals surface area contributed by atoms with Crippen LogP contribution in [0.3, 0.4) is 0 Å². The molecular formula is C19H20FN3O6S. The predicted molar refractivity (Wildman–Crippen MR) is 105 cm³/mol. The van der Waals surface area contributed by atoms with E-state index in [2.05, 4.69) is 0 Å². The lowest BCUT2D eigenvalue weighted by molar-refractivity contribution is -0.384. The van der Waals surface area contributed by atoms with Gasteiger partial charge in [-0.25, -0.2) is 12.8 Å². The number of ether oxygens (including phenoxy) is 1. The van der Waals surface area contributed by atoms with Gasteiger partial charge in [0, 0.05) is 38.3 Å². The summed E-state index contributed by atoms with van der Waals surface area (Å²) in [5.74, 6) is -0.690. The highest BCUT2D eigenvalue weighted by molar-refractivity contribution is 7.89. The summed E-state index contributed by atoms with van der Waals surface area (Å²) in [5, 5.41) is 10.7. The number of rotatable bonds is 6. The van der Waals surface area contributed by atoms with Crippen LogP contribution < -0.4 is 4.74 Å². The zero-order valence-electron chi connectivity index (χ0n) is 16.2. The number of hydrogen-bond donors (Lipinski definition) is 0. The van der Waals surface area contributed by atoms with Gasteiger partial charge in [0.05, 0.1) is 23.3 Å². The summed E-state index contributed by atoms with van der Waals surface area (Å²) in [7, 11) is -2.46. The SMILES string of the molecule is COc1ccc(CC(=O)N2CCN(S(=O)(=O)c3ccc([N+](=O)[O-])cc3)CC2)cc1F. The zero-order chi connectivity index (χ0) is 21.9. The fourth-order valence-electron chi connectivity index (χ4n) is 3.17. The average molecular weight is 437 g/mol. The number of halogens is 1. The Morgan fingerprint density at radius 2 is 1.77 bits per heavy atom.